The Hall–Kier alpha value is -2.11. The molecule has 1 aromatic rings. The molecule has 1 aliphatic rings. The third-order valence-corrected chi connectivity index (χ3v) is 3.35. The number of hydrogen-bond acceptors (Lipinski definition) is 4. The Morgan fingerprint density at radius 3 is 2.90 bits per heavy atom. The lowest BCUT2D eigenvalue weighted by atomic mass is 9.99. The minimum absolute atomic E-state index is 0.0585. The van der Waals surface area contributed by atoms with E-state index in [-0.39, 0.29) is 18.4 Å². The Bertz CT molecular complexity index is 530. The largest absolute Gasteiger partial charge is 0.466 e. The molecule has 0 saturated carbocycles. The van der Waals surface area contributed by atoms with Gasteiger partial charge in [-0.05, 0) is 38.3 Å². The van der Waals surface area contributed by atoms with Crippen molar-refractivity contribution in [2.24, 2.45) is 0 Å². The number of ether oxygens (including phenoxy) is 1. The fourth-order valence-corrected chi connectivity index (χ4v) is 2.36. The molecule has 6 nitrogen and oxygen atoms in total. The van der Waals surface area contributed by atoms with Gasteiger partial charge >= 0.3 is 12.1 Å². The standard InChI is InChI=1S/C14H18N2O4/c1-3-20-12(17)8-11-7-6-10-5-4-9(2)16(14(18)19)13(10)15-11/h6-7,9H,3-5,8H2,1-2H3,(H,18,19). The monoisotopic (exact) mass is 278 g/mol. The van der Waals surface area contributed by atoms with E-state index in [4.69, 9.17) is 4.74 Å². The number of hydrogen-bond donors (Lipinski definition) is 1. The number of carbonyl (C=O) groups excluding carboxylic acids is 1. The first-order valence-electron chi connectivity index (χ1n) is 6.69. The second kappa shape index (κ2) is 5.90. The number of esters is 1. The SMILES string of the molecule is CCOC(=O)Cc1ccc2c(n1)N(C(=O)O)C(C)CC2. The zero-order valence-corrected chi connectivity index (χ0v) is 11.6. The van der Waals surface area contributed by atoms with Crippen molar-refractivity contribution in [3.05, 3.63) is 23.4 Å². The van der Waals surface area contributed by atoms with Crippen LogP contribution in [0.3, 0.4) is 0 Å². The van der Waals surface area contributed by atoms with Crippen molar-refractivity contribution in [3.8, 4) is 0 Å². The summed E-state index contributed by atoms with van der Waals surface area (Å²) in [6, 6.07) is 3.50. The van der Waals surface area contributed by atoms with Crippen molar-refractivity contribution in [1.29, 1.82) is 0 Å². The molecule has 0 fully saturated rings. The van der Waals surface area contributed by atoms with Gasteiger partial charge in [-0.2, -0.15) is 0 Å². The maximum atomic E-state index is 11.5. The van der Waals surface area contributed by atoms with E-state index in [0.717, 1.165) is 18.4 Å². The molecule has 2 rings (SSSR count). The summed E-state index contributed by atoms with van der Waals surface area (Å²) in [5.41, 5.74) is 1.43. The van der Waals surface area contributed by atoms with Crippen LogP contribution in [0.1, 0.15) is 31.5 Å². The lowest BCUT2D eigenvalue weighted by Gasteiger charge is -2.32. The van der Waals surface area contributed by atoms with Crippen LogP contribution in [0.2, 0.25) is 0 Å². The molecule has 1 unspecified atom stereocenters. The van der Waals surface area contributed by atoms with Crippen LogP contribution in [-0.4, -0.2) is 34.8 Å². The number of rotatable bonds is 3. The molecule has 0 aliphatic carbocycles. The number of amides is 1. The lowest BCUT2D eigenvalue weighted by molar-refractivity contribution is -0.142. The molecule has 1 atom stereocenters. The molecule has 0 spiro atoms. The van der Waals surface area contributed by atoms with Crippen LogP contribution < -0.4 is 4.90 Å². The molecule has 0 aromatic carbocycles. The molecule has 0 radical (unpaired) electrons. The highest BCUT2D eigenvalue weighted by molar-refractivity contribution is 5.87. The number of anilines is 1. The Kier molecular flexibility index (Phi) is 4.22. The van der Waals surface area contributed by atoms with Crippen molar-refractivity contribution >= 4 is 17.9 Å². The van der Waals surface area contributed by atoms with Crippen LogP contribution in [0.25, 0.3) is 0 Å². The summed E-state index contributed by atoms with van der Waals surface area (Å²) in [5, 5.41) is 9.31. The summed E-state index contributed by atoms with van der Waals surface area (Å²) >= 11 is 0. The van der Waals surface area contributed by atoms with Crippen LogP contribution in [0.15, 0.2) is 12.1 Å². The number of pyridine rings is 1. The zero-order valence-electron chi connectivity index (χ0n) is 11.6. The van der Waals surface area contributed by atoms with E-state index in [1.54, 1.807) is 13.0 Å². The summed E-state index contributed by atoms with van der Waals surface area (Å²) in [6.07, 6.45) is 0.618. The van der Waals surface area contributed by atoms with Crippen LogP contribution in [-0.2, 0) is 22.4 Å². The molecule has 2 heterocycles. The molecular weight excluding hydrogens is 260 g/mol. The highest BCUT2D eigenvalue weighted by Crippen LogP contribution is 2.29. The maximum Gasteiger partial charge on any atom is 0.413 e. The molecule has 1 aliphatic heterocycles. The third-order valence-electron chi connectivity index (χ3n) is 3.35. The van der Waals surface area contributed by atoms with Gasteiger partial charge in [0.2, 0.25) is 0 Å². The Morgan fingerprint density at radius 2 is 2.25 bits per heavy atom. The molecule has 1 N–H and O–H groups in total. The van der Waals surface area contributed by atoms with Crippen LogP contribution in [0.5, 0.6) is 0 Å². The van der Waals surface area contributed by atoms with E-state index in [2.05, 4.69) is 4.98 Å². The molecule has 1 aromatic heterocycles. The Labute approximate surface area is 117 Å². The number of carboxylic acid groups (broad SMARTS) is 1. The summed E-state index contributed by atoms with van der Waals surface area (Å²) in [7, 11) is 0. The summed E-state index contributed by atoms with van der Waals surface area (Å²) in [6.45, 7) is 3.92. The average molecular weight is 278 g/mol. The van der Waals surface area contributed by atoms with Gasteiger partial charge in [0.15, 0.2) is 0 Å². The Balaban J connectivity index is 2.28. The lowest BCUT2D eigenvalue weighted by Crippen LogP contribution is -2.42. The first kappa shape index (κ1) is 14.3. The number of nitrogens with zero attached hydrogens (tertiary/aromatic N) is 2. The van der Waals surface area contributed by atoms with Gasteiger partial charge in [-0.3, -0.25) is 9.69 Å². The van der Waals surface area contributed by atoms with Crippen molar-refractivity contribution < 1.29 is 19.4 Å². The minimum Gasteiger partial charge on any atom is -0.466 e. The Morgan fingerprint density at radius 1 is 1.50 bits per heavy atom. The van der Waals surface area contributed by atoms with Gasteiger partial charge in [0, 0.05) is 6.04 Å². The van der Waals surface area contributed by atoms with Gasteiger partial charge in [-0.15, -0.1) is 0 Å². The van der Waals surface area contributed by atoms with Crippen molar-refractivity contribution in [2.75, 3.05) is 11.5 Å². The fourth-order valence-electron chi connectivity index (χ4n) is 2.36. The number of aryl methyl sites for hydroxylation is 1. The van der Waals surface area contributed by atoms with Crippen molar-refractivity contribution in [2.45, 2.75) is 39.2 Å². The number of carbonyl (C=O) groups is 2. The summed E-state index contributed by atoms with van der Waals surface area (Å²) in [4.78, 5) is 28.4. The first-order chi connectivity index (χ1) is 9.52. The van der Waals surface area contributed by atoms with Gasteiger partial charge in [-0.1, -0.05) is 6.07 Å². The molecule has 108 valence electrons. The molecule has 0 saturated heterocycles. The number of aromatic nitrogens is 1. The number of fused-ring (bicyclic) bond motifs is 1. The highest BCUT2D eigenvalue weighted by atomic mass is 16.5. The van der Waals surface area contributed by atoms with Crippen LogP contribution in [0, 0.1) is 0 Å². The highest BCUT2D eigenvalue weighted by Gasteiger charge is 2.29. The van der Waals surface area contributed by atoms with Gasteiger partial charge in [0.05, 0.1) is 18.7 Å². The second-order valence-corrected chi connectivity index (χ2v) is 4.81. The molecular formula is C14H18N2O4. The van der Waals surface area contributed by atoms with E-state index in [9.17, 15) is 14.7 Å². The normalized spacial score (nSPS) is 17.5. The van der Waals surface area contributed by atoms with Crippen LogP contribution in [0.4, 0.5) is 10.6 Å². The van der Waals surface area contributed by atoms with Gasteiger partial charge in [0.25, 0.3) is 0 Å². The van der Waals surface area contributed by atoms with Crippen molar-refractivity contribution in [3.63, 3.8) is 0 Å². The van der Waals surface area contributed by atoms with Crippen molar-refractivity contribution in [1.82, 2.24) is 4.98 Å². The van der Waals surface area contributed by atoms with Gasteiger partial charge < -0.3 is 9.84 Å². The van der Waals surface area contributed by atoms with E-state index < -0.39 is 6.09 Å². The summed E-state index contributed by atoms with van der Waals surface area (Å²) in [5.74, 6) is 0.0868. The van der Waals surface area contributed by atoms with E-state index in [1.165, 1.54) is 4.90 Å². The quantitative estimate of drug-likeness (QED) is 0.855. The summed E-state index contributed by atoms with van der Waals surface area (Å²) < 4.78 is 4.88. The van der Waals surface area contributed by atoms with E-state index in [1.807, 2.05) is 13.0 Å². The molecule has 1 amide bonds. The first-order valence-corrected chi connectivity index (χ1v) is 6.69. The molecule has 0 bridgehead atoms. The van der Waals surface area contributed by atoms with Gasteiger partial charge in [-0.25, -0.2) is 9.78 Å². The topological polar surface area (TPSA) is 79.7 Å². The van der Waals surface area contributed by atoms with E-state index >= 15 is 0 Å². The third kappa shape index (κ3) is 2.89. The predicted octanol–water partition coefficient (Wildman–Crippen LogP) is 2.01. The van der Waals surface area contributed by atoms with E-state index in [0.29, 0.717) is 18.1 Å². The maximum absolute atomic E-state index is 11.5. The average Bonchev–Trinajstić information content (AvgIpc) is 2.38. The van der Waals surface area contributed by atoms with Crippen LogP contribution >= 0.6 is 0 Å². The second-order valence-electron chi connectivity index (χ2n) is 4.81. The van der Waals surface area contributed by atoms with Gasteiger partial charge in [0.1, 0.15) is 5.82 Å². The fraction of sp³-hybridized carbons (Fsp3) is 0.500. The zero-order chi connectivity index (χ0) is 14.7. The minimum atomic E-state index is -1.01. The molecule has 6 heteroatoms. The smallest absolute Gasteiger partial charge is 0.413 e. The molecule has 20 heavy (non-hydrogen) atoms. The predicted molar refractivity (Wildman–Crippen MR) is 72.9 cm³/mol.